The molecule has 1 aromatic carbocycles. The van der Waals surface area contributed by atoms with Crippen LogP contribution < -0.4 is 0 Å². The van der Waals surface area contributed by atoms with E-state index < -0.39 is 23.4 Å². The van der Waals surface area contributed by atoms with E-state index in [9.17, 15) is 22.0 Å². The van der Waals surface area contributed by atoms with Gasteiger partial charge in [-0.15, -0.1) is 0 Å². The van der Waals surface area contributed by atoms with Gasteiger partial charge in [0.2, 0.25) is 0 Å². The van der Waals surface area contributed by atoms with Crippen LogP contribution in [-0.2, 0) is 6.18 Å². The molecule has 0 spiro atoms. The lowest BCUT2D eigenvalue weighted by Gasteiger charge is -2.29. The molecule has 35 heavy (non-hydrogen) atoms. The molecule has 2 fully saturated rings. The fraction of sp³-hybridized carbons (Fsp3) is 0.733. The lowest BCUT2D eigenvalue weighted by Crippen LogP contribution is -2.16. The van der Waals surface area contributed by atoms with E-state index >= 15 is 0 Å². The molecule has 0 radical (unpaired) electrons. The first-order chi connectivity index (χ1) is 16.8. The molecule has 2 aliphatic rings. The van der Waals surface area contributed by atoms with Gasteiger partial charge in [0.1, 0.15) is 17.2 Å². The van der Waals surface area contributed by atoms with Gasteiger partial charge in [0.15, 0.2) is 0 Å². The van der Waals surface area contributed by atoms with Crippen LogP contribution in [-0.4, -0.2) is 0 Å². The van der Waals surface area contributed by atoms with Crippen LogP contribution in [0.2, 0.25) is 0 Å². The van der Waals surface area contributed by atoms with Gasteiger partial charge in [0.05, 0.1) is 0 Å². The molecule has 3 rings (SSSR count). The highest BCUT2D eigenvalue weighted by Gasteiger charge is 2.38. The Bertz CT molecular complexity index is 757. The Labute approximate surface area is 208 Å². The van der Waals surface area contributed by atoms with E-state index in [2.05, 4.69) is 19.1 Å². The second-order valence-corrected chi connectivity index (χ2v) is 11.0. The van der Waals surface area contributed by atoms with Crippen LogP contribution in [0.3, 0.4) is 0 Å². The number of allylic oxidation sites excluding steroid dienone is 2. The zero-order valence-corrected chi connectivity index (χ0v) is 21.3. The monoisotopic (exact) mass is 498 g/mol. The highest BCUT2D eigenvalue weighted by molar-refractivity contribution is 5.31. The first-order valence-electron chi connectivity index (χ1n) is 14.0. The quantitative estimate of drug-likeness (QED) is 0.162. The zero-order valence-electron chi connectivity index (χ0n) is 21.3. The van der Waals surface area contributed by atoms with Crippen molar-refractivity contribution in [3.63, 3.8) is 0 Å². The van der Waals surface area contributed by atoms with Crippen LogP contribution in [0.4, 0.5) is 22.0 Å². The number of unbranched alkanes of at least 4 members (excludes halogenated alkanes) is 6. The maximum atomic E-state index is 14.0. The van der Waals surface area contributed by atoms with E-state index in [0.29, 0.717) is 17.4 Å². The molecule has 0 unspecified atom stereocenters. The van der Waals surface area contributed by atoms with Crippen LogP contribution in [0.25, 0.3) is 0 Å². The Morgan fingerprint density at radius 1 is 0.714 bits per heavy atom. The van der Waals surface area contributed by atoms with Crippen LogP contribution in [0.1, 0.15) is 127 Å². The first-order valence-corrected chi connectivity index (χ1v) is 14.0. The molecule has 0 heterocycles. The van der Waals surface area contributed by atoms with Crippen molar-refractivity contribution in [2.24, 2.45) is 17.8 Å². The van der Waals surface area contributed by atoms with Crippen LogP contribution in [0, 0.1) is 29.4 Å². The summed E-state index contributed by atoms with van der Waals surface area (Å²) in [7, 11) is 0. The van der Waals surface area contributed by atoms with Gasteiger partial charge in [-0.05, 0) is 92.7 Å². The second-order valence-electron chi connectivity index (χ2n) is 11.0. The molecule has 0 aromatic heterocycles. The van der Waals surface area contributed by atoms with Gasteiger partial charge in [0.25, 0.3) is 0 Å². The lowest BCUT2D eigenvalue weighted by atomic mass is 9.76. The van der Waals surface area contributed by atoms with Crippen LogP contribution in [0.15, 0.2) is 24.3 Å². The van der Waals surface area contributed by atoms with Crippen molar-refractivity contribution in [1.29, 1.82) is 0 Å². The largest absolute Gasteiger partial charge is 0.422 e. The third kappa shape index (κ3) is 8.89. The smallest absolute Gasteiger partial charge is 0.206 e. The third-order valence-electron chi connectivity index (χ3n) is 8.35. The molecule has 1 aromatic rings. The molecule has 2 saturated carbocycles. The molecule has 2 aliphatic carbocycles. The minimum absolute atomic E-state index is 0.0759. The summed E-state index contributed by atoms with van der Waals surface area (Å²) in [6, 6.07) is 1.77. The Morgan fingerprint density at radius 2 is 1.20 bits per heavy atom. The molecular formula is C30H43F5. The van der Waals surface area contributed by atoms with Gasteiger partial charge in [-0.1, -0.05) is 70.4 Å². The molecular weight excluding hydrogens is 455 g/mol. The van der Waals surface area contributed by atoms with Crippen molar-refractivity contribution in [2.75, 3.05) is 0 Å². The van der Waals surface area contributed by atoms with Gasteiger partial charge >= 0.3 is 6.18 Å². The SMILES string of the molecule is CCCCCCCCCC1CCC(C=CC2CCC(c3cc(F)c(C(F)(F)F)c(F)c3)CC2)CC1. The van der Waals surface area contributed by atoms with Gasteiger partial charge in [0, 0.05) is 0 Å². The lowest BCUT2D eigenvalue weighted by molar-refractivity contribution is -0.142. The van der Waals surface area contributed by atoms with E-state index in [1.54, 1.807) is 0 Å². The summed E-state index contributed by atoms with van der Waals surface area (Å²) >= 11 is 0. The number of alkyl halides is 3. The fourth-order valence-electron chi connectivity index (χ4n) is 6.12. The minimum Gasteiger partial charge on any atom is -0.206 e. The topological polar surface area (TPSA) is 0 Å². The molecule has 5 heteroatoms. The van der Waals surface area contributed by atoms with Gasteiger partial charge < -0.3 is 0 Å². The van der Waals surface area contributed by atoms with Crippen molar-refractivity contribution < 1.29 is 22.0 Å². The Balaban J connectivity index is 1.35. The number of benzene rings is 1. The highest BCUT2D eigenvalue weighted by atomic mass is 19.4. The maximum absolute atomic E-state index is 14.0. The number of hydrogen-bond acceptors (Lipinski definition) is 0. The van der Waals surface area contributed by atoms with Crippen molar-refractivity contribution in [2.45, 2.75) is 122 Å². The van der Waals surface area contributed by atoms with Crippen molar-refractivity contribution >= 4 is 0 Å². The average molecular weight is 499 g/mol. The first kappa shape index (κ1) is 28.2. The molecule has 0 atom stereocenters. The molecule has 0 saturated heterocycles. The zero-order chi connectivity index (χ0) is 25.3. The van der Waals surface area contributed by atoms with Gasteiger partial charge in [-0.3, -0.25) is 0 Å². The number of rotatable bonds is 11. The summed E-state index contributed by atoms with van der Waals surface area (Å²) in [5.74, 6) is -1.06. The molecule has 0 N–H and O–H groups in total. The molecule has 0 nitrogen and oxygen atoms in total. The van der Waals surface area contributed by atoms with Crippen LogP contribution in [0.5, 0.6) is 0 Å². The predicted octanol–water partition coefficient (Wildman–Crippen LogP) is 10.8. The van der Waals surface area contributed by atoms with Crippen molar-refractivity contribution in [3.8, 4) is 0 Å². The molecule has 0 bridgehead atoms. The fourth-order valence-corrected chi connectivity index (χ4v) is 6.12. The molecule has 0 aliphatic heterocycles. The normalized spacial score (nSPS) is 25.9. The summed E-state index contributed by atoms with van der Waals surface area (Å²) in [4.78, 5) is 0. The van der Waals surface area contributed by atoms with Gasteiger partial charge in [-0.25, -0.2) is 8.78 Å². The Morgan fingerprint density at radius 3 is 1.71 bits per heavy atom. The third-order valence-corrected chi connectivity index (χ3v) is 8.35. The van der Waals surface area contributed by atoms with E-state index in [1.807, 2.05) is 0 Å². The highest BCUT2D eigenvalue weighted by Crippen LogP contribution is 2.40. The average Bonchev–Trinajstić information content (AvgIpc) is 2.82. The second kappa shape index (κ2) is 13.8. The predicted molar refractivity (Wildman–Crippen MR) is 133 cm³/mol. The van der Waals surface area contributed by atoms with E-state index in [1.165, 1.54) is 77.0 Å². The molecule has 198 valence electrons. The van der Waals surface area contributed by atoms with E-state index in [0.717, 1.165) is 43.7 Å². The van der Waals surface area contributed by atoms with Crippen molar-refractivity contribution in [3.05, 3.63) is 47.0 Å². The standard InChI is InChI=1S/C30H43F5/c1-2-3-4-5-6-7-8-9-22-10-12-23(13-11-22)14-15-24-16-18-25(19-17-24)26-20-27(31)29(28(32)21-26)30(33,34)35/h14-15,20-25H,2-13,16-19H2,1H3. The summed E-state index contributed by atoms with van der Waals surface area (Å²) in [5, 5.41) is 0. The Hall–Kier alpha value is -1.39. The maximum Gasteiger partial charge on any atom is 0.422 e. The minimum atomic E-state index is -5.01. The Kier molecular flexibility index (Phi) is 11.1. The van der Waals surface area contributed by atoms with Crippen LogP contribution >= 0.6 is 0 Å². The van der Waals surface area contributed by atoms with E-state index in [4.69, 9.17) is 0 Å². The summed E-state index contributed by atoms with van der Waals surface area (Å²) < 4.78 is 66.4. The molecule has 0 amide bonds. The summed E-state index contributed by atoms with van der Waals surface area (Å²) in [6.07, 6.45) is 19.3. The van der Waals surface area contributed by atoms with Crippen molar-refractivity contribution in [1.82, 2.24) is 0 Å². The number of halogens is 5. The van der Waals surface area contributed by atoms with Gasteiger partial charge in [-0.2, -0.15) is 13.2 Å². The summed E-state index contributed by atoms with van der Waals surface area (Å²) in [5.41, 5.74) is -1.43. The van der Waals surface area contributed by atoms with E-state index in [-0.39, 0.29) is 5.92 Å². The number of hydrogen-bond donors (Lipinski definition) is 0. The summed E-state index contributed by atoms with van der Waals surface area (Å²) in [6.45, 7) is 2.26.